The number of amides is 2. The van der Waals surface area contributed by atoms with E-state index in [2.05, 4.69) is 75.6 Å². The summed E-state index contributed by atoms with van der Waals surface area (Å²) >= 11 is 4.24. The molecular formula is C39H57I3N2O5. The largest absolute Gasteiger partial charge is 0.480 e. The van der Waals surface area contributed by atoms with E-state index in [0.29, 0.717) is 30.6 Å². The maximum Gasteiger partial charge on any atom is 0.326 e. The first-order chi connectivity index (χ1) is 22.9. The number of Topliss-reactive ketones (excluding diaryl/α,β-unsaturated/α-hetero) is 1. The van der Waals surface area contributed by atoms with Gasteiger partial charge >= 0.3 is 5.97 Å². The van der Waals surface area contributed by atoms with Crippen LogP contribution in [0.3, 0.4) is 0 Å². The summed E-state index contributed by atoms with van der Waals surface area (Å²) in [5.41, 5.74) is 2.00. The number of ketones is 1. The van der Waals surface area contributed by atoms with Crippen molar-refractivity contribution in [1.82, 2.24) is 10.6 Å². The Morgan fingerprint density at radius 2 is 0.959 bits per heavy atom. The molecule has 2 aliphatic carbocycles. The number of carboxylic acid groups (broad SMARTS) is 1. The fraction of sp³-hybridized carbons (Fsp3) is 0.590. The quantitative estimate of drug-likeness (QED) is 0.184. The van der Waals surface area contributed by atoms with Crippen molar-refractivity contribution in [1.29, 1.82) is 0 Å². The number of nitrogens with one attached hydrogen (secondary N) is 2. The van der Waals surface area contributed by atoms with Gasteiger partial charge in [0.2, 0.25) is 11.8 Å². The highest BCUT2D eigenvalue weighted by Gasteiger charge is 2.31. The van der Waals surface area contributed by atoms with Gasteiger partial charge in [-0.3, -0.25) is 14.4 Å². The van der Waals surface area contributed by atoms with Crippen LogP contribution in [0.5, 0.6) is 0 Å². The lowest BCUT2D eigenvalue weighted by Gasteiger charge is -2.31. The summed E-state index contributed by atoms with van der Waals surface area (Å²) in [7, 11) is 0. The lowest BCUT2D eigenvalue weighted by molar-refractivity contribution is -0.142. The maximum atomic E-state index is 12.5. The third kappa shape index (κ3) is 16.7. The molecule has 2 aromatic rings. The molecule has 3 N–H and O–H groups in total. The Morgan fingerprint density at radius 1 is 0.633 bits per heavy atom. The molecule has 4 rings (SSSR count). The van der Waals surface area contributed by atoms with E-state index in [1.165, 1.54) is 0 Å². The van der Waals surface area contributed by atoms with Gasteiger partial charge in [-0.2, -0.15) is 0 Å². The Kier molecular flexibility index (Phi) is 23.2. The van der Waals surface area contributed by atoms with E-state index < -0.39 is 18.1 Å². The van der Waals surface area contributed by atoms with Crippen LogP contribution in [0.2, 0.25) is 0 Å². The van der Waals surface area contributed by atoms with E-state index in [1.807, 2.05) is 60.7 Å². The van der Waals surface area contributed by atoms with Gasteiger partial charge < -0.3 is 15.7 Å². The van der Waals surface area contributed by atoms with Crippen LogP contribution < -0.4 is 10.6 Å². The van der Waals surface area contributed by atoms with Crippen LogP contribution in [0.15, 0.2) is 60.7 Å². The molecule has 0 aliphatic heterocycles. The molecule has 0 radical (unpaired) electrons. The van der Waals surface area contributed by atoms with Crippen molar-refractivity contribution in [3.8, 4) is 0 Å². The van der Waals surface area contributed by atoms with Crippen LogP contribution in [-0.4, -0.2) is 40.8 Å². The van der Waals surface area contributed by atoms with E-state index in [1.54, 1.807) is 6.92 Å². The number of carboxylic acids is 1. The molecule has 0 spiro atoms. The molecule has 2 atom stereocenters. The Bertz CT molecular complexity index is 1150. The van der Waals surface area contributed by atoms with Crippen LogP contribution in [0.4, 0.5) is 0 Å². The molecule has 0 saturated heterocycles. The molecule has 0 heterocycles. The van der Waals surface area contributed by atoms with E-state index >= 15 is 0 Å². The van der Waals surface area contributed by atoms with Crippen molar-refractivity contribution in [2.45, 2.75) is 111 Å². The molecule has 10 heteroatoms. The zero-order valence-corrected chi connectivity index (χ0v) is 36.4. The standard InChI is InChI=1S/C20H29NO2.C19H27NO3.I2.HI/c1-14(2)17-9-11-18(12-10-17)20(23)21-19(15(3)22)13-16-7-5-4-6-8-16;1-13(2)15-8-10-16(11-9-15)18(21)20-17(19(22)23)12-14-6-4-3-5-7-14;1-2;/h4-8,14,17-19H,9-13H2,1-3H3,(H,21,23);3-7,13,15-17H,8-12H2,1-2H3,(H,20,21)(H,22,23);;1H/t17?,18?,19-;15?,16?,17-;;/m11../s1. The fourth-order valence-corrected chi connectivity index (χ4v) is 6.87. The molecule has 2 amide bonds. The molecule has 0 unspecified atom stereocenters. The molecule has 274 valence electrons. The van der Waals surface area contributed by atoms with E-state index in [0.717, 1.165) is 68.4 Å². The average Bonchev–Trinajstić information content (AvgIpc) is 3.09. The lowest BCUT2D eigenvalue weighted by atomic mass is 9.76. The third-order valence-corrected chi connectivity index (χ3v) is 10.2. The smallest absolute Gasteiger partial charge is 0.326 e. The normalized spacial score (nSPS) is 21.3. The van der Waals surface area contributed by atoms with Crippen molar-refractivity contribution < 1.29 is 24.3 Å². The molecule has 7 nitrogen and oxygen atoms in total. The first-order valence-electron chi connectivity index (χ1n) is 17.5. The summed E-state index contributed by atoms with van der Waals surface area (Å²) in [5.74, 6) is 1.83. The maximum absolute atomic E-state index is 12.5. The molecule has 0 bridgehead atoms. The van der Waals surface area contributed by atoms with Gasteiger partial charge in [-0.15, -0.1) is 24.0 Å². The predicted molar refractivity (Wildman–Crippen MR) is 226 cm³/mol. The summed E-state index contributed by atoms with van der Waals surface area (Å²) < 4.78 is 0. The number of hydrogen-bond donors (Lipinski definition) is 3. The second-order valence-electron chi connectivity index (χ2n) is 14.2. The van der Waals surface area contributed by atoms with Crippen LogP contribution in [0.25, 0.3) is 0 Å². The van der Waals surface area contributed by atoms with Gasteiger partial charge in [0.15, 0.2) is 5.78 Å². The zero-order chi connectivity index (χ0) is 35.6. The summed E-state index contributed by atoms with van der Waals surface area (Å²) in [5, 5.41) is 15.1. The molecular weight excluding hydrogens is 957 g/mol. The average molecular weight is 1010 g/mol. The van der Waals surface area contributed by atoms with Crippen molar-refractivity contribution >= 4 is 84.8 Å². The van der Waals surface area contributed by atoms with Crippen LogP contribution >= 0.6 is 61.2 Å². The van der Waals surface area contributed by atoms with Crippen molar-refractivity contribution in [2.24, 2.45) is 35.5 Å². The Hall–Kier alpha value is -1.29. The van der Waals surface area contributed by atoms with Crippen molar-refractivity contribution in [3.05, 3.63) is 71.8 Å². The second-order valence-corrected chi connectivity index (χ2v) is 14.2. The van der Waals surface area contributed by atoms with Gasteiger partial charge in [0.1, 0.15) is 6.04 Å². The minimum Gasteiger partial charge on any atom is -0.480 e. The van der Waals surface area contributed by atoms with Crippen molar-refractivity contribution in [3.63, 3.8) is 0 Å². The highest BCUT2D eigenvalue weighted by molar-refractivity contribution is 15.0. The first kappa shape index (κ1) is 45.7. The van der Waals surface area contributed by atoms with Gasteiger partial charge in [0.05, 0.1) is 6.04 Å². The Balaban J connectivity index is 0.000000458. The summed E-state index contributed by atoms with van der Waals surface area (Å²) in [6.45, 7) is 10.5. The number of rotatable bonds is 12. The predicted octanol–water partition coefficient (Wildman–Crippen LogP) is 9.42. The van der Waals surface area contributed by atoms with Gasteiger partial charge in [-0.1, -0.05) is 88.4 Å². The summed E-state index contributed by atoms with van der Waals surface area (Å²) in [6, 6.07) is 18.0. The number of carbonyl (C=O) groups is 4. The van der Waals surface area contributed by atoms with Crippen molar-refractivity contribution in [2.75, 3.05) is 0 Å². The Labute approximate surface area is 335 Å². The zero-order valence-electron chi connectivity index (χ0n) is 29.7. The van der Waals surface area contributed by atoms with Gasteiger partial charge in [0.25, 0.3) is 0 Å². The number of halogens is 3. The lowest BCUT2D eigenvalue weighted by Crippen LogP contribution is -2.45. The van der Waals surface area contributed by atoms with Gasteiger partial charge in [-0.25, -0.2) is 4.79 Å². The molecule has 2 aromatic carbocycles. The minimum atomic E-state index is -0.974. The Morgan fingerprint density at radius 3 is 1.27 bits per heavy atom. The molecule has 2 aliphatic rings. The van der Waals surface area contributed by atoms with Crippen LogP contribution in [0.1, 0.15) is 97.1 Å². The minimum absolute atomic E-state index is 0. The highest BCUT2D eigenvalue weighted by Crippen LogP contribution is 2.34. The fourth-order valence-electron chi connectivity index (χ4n) is 6.87. The second kappa shape index (κ2) is 24.8. The van der Waals surface area contributed by atoms with Gasteiger partial charge in [0, 0.05) is 55.5 Å². The first-order valence-corrected chi connectivity index (χ1v) is 23.8. The van der Waals surface area contributed by atoms with Crippen LogP contribution in [-0.2, 0) is 32.0 Å². The van der Waals surface area contributed by atoms with E-state index in [4.69, 9.17) is 0 Å². The van der Waals surface area contributed by atoms with Crippen LogP contribution in [0, 0.1) is 35.5 Å². The van der Waals surface area contributed by atoms with E-state index in [-0.39, 0.29) is 53.4 Å². The number of hydrogen-bond acceptors (Lipinski definition) is 4. The summed E-state index contributed by atoms with van der Waals surface area (Å²) in [4.78, 5) is 48.3. The summed E-state index contributed by atoms with van der Waals surface area (Å²) in [6.07, 6.45) is 8.90. The molecule has 2 fully saturated rings. The molecule has 2 saturated carbocycles. The number of benzene rings is 2. The molecule has 49 heavy (non-hydrogen) atoms. The van der Waals surface area contributed by atoms with Gasteiger partial charge in [-0.05, 0) is 99.5 Å². The highest BCUT2D eigenvalue weighted by atomic mass is 128. The topological polar surface area (TPSA) is 113 Å². The third-order valence-electron chi connectivity index (χ3n) is 10.2. The number of aliphatic carboxylic acids is 1. The monoisotopic (exact) mass is 1010 g/mol. The molecule has 0 aromatic heterocycles. The number of carbonyl (C=O) groups excluding carboxylic acids is 3. The SMILES string of the molecule is CC(=O)[C@@H](Cc1ccccc1)NC(=O)C1CCC(C(C)C)CC1.CC(C)C1CCC(C(=O)N[C@H](Cc2ccccc2)C(=O)O)CC1.I.II. The van der Waals surface area contributed by atoms with E-state index in [9.17, 15) is 24.3 Å².